The van der Waals surface area contributed by atoms with Crippen molar-refractivity contribution in [1.82, 2.24) is 20.1 Å². The molecule has 0 aliphatic rings. The highest BCUT2D eigenvalue weighted by atomic mass is 79.9. The zero-order valence-electron chi connectivity index (χ0n) is 16.1. The van der Waals surface area contributed by atoms with Gasteiger partial charge < -0.3 is 5.32 Å². The lowest BCUT2D eigenvalue weighted by Crippen LogP contribution is -2.24. The van der Waals surface area contributed by atoms with Gasteiger partial charge in [-0.25, -0.2) is 9.67 Å². The SMILES string of the molecule is Cc1ccc(-n2nc(C(=O)NCc3ccccc3)nc2-c2ccc(Br)cc2)cc1Cl. The van der Waals surface area contributed by atoms with Crippen LogP contribution in [0.15, 0.2) is 77.3 Å². The minimum Gasteiger partial charge on any atom is -0.345 e. The molecule has 1 heterocycles. The highest BCUT2D eigenvalue weighted by molar-refractivity contribution is 9.10. The van der Waals surface area contributed by atoms with Crippen LogP contribution in [0.3, 0.4) is 0 Å². The number of aryl methyl sites for hydroxylation is 1. The van der Waals surface area contributed by atoms with Gasteiger partial charge in [-0.05, 0) is 42.3 Å². The second-order valence-electron chi connectivity index (χ2n) is 6.78. The van der Waals surface area contributed by atoms with Crippen LogP contribution in [0, 0.1) is 6.92 Å². The van der Waals surface area contributed by atoms with Crippen LogP contribution in [-0.4, -0.2) is 20.7 Å². The molecule has 1 amide bonds. The number of carbonyl (C=O) groups excluding carboxylic acids is 1. The first kappa shape index (κ1) is 20.3. The third-order valence-corrected chi connectivity index (χ3v) is 5.54. The van der Waals surface area contributed by atoms with Gasteiger partial charge in [-0.3, -0.25) is 4.79 Å². The minimum absolute atomic E-state index is 0.0977. The number of nitrogens with one attached hydrogen (secondary N) is 1. The van der Waals surface area contributed by atoms with Crippen LogP contribution in [0.1, 0.15) is 21.7 Å². The highest BCUT2D eigenvalue weighted by Gasteiger charge is 2.19. The quantitative estimate of drug-likeness (QED) is 0.404. The van der Waals surface area contributed by atoms with Gasteiger partial charge in [0.2, 0.25) is 5.82 Å². The molecular weight excluding hydrogens is 464 g/mol. The Hall–Kier alpha value is -2.96. The molecular formula is C23H18BrClN4O. The van der Waals surface area contributed by atoms with Gasteiger partial charge >= 0.3 is 0 Å². The van der Waals surface area contributed by atoms with Gasteiger partial charge in [-0.1, -0.05) is 76.1 Å². The first-order valence-electron chi connectivity index (χ1n) is 9.33. The molecule has 0 aliphatic heterocycles. The maximum Gasteiger partial charge on any atom is 0.291 e. The van der Waals surface area contributed by atoms with Crippen LogP contribution in [0.2, 0.25) is 5.02 Å². The van der Waals surface area contributed by atoms with Crippen LogP contribution in [0.5, 0.6) is 0 Å². The molecule has 30 heavy (non-hydrogen) atoms. The Balaban J connectivity index is 1.70. The van der Waals surface area contributed by atoms with Gasteiger partial charge in [0.25, 0.3) is 5.91 Å². The Bertz CT molecular complexity index is 1190. The average Bonchev–Trinajstić information content (AvgIpc) is 3.21. The molecule has 0 bridgehead atoms. The van der Waals surface area contributed by atoms with E-state index in [4.69, 9.17) is 11.6 Å². The van der Waals surface area contributed by atoms with E-state index in [1.807, 2.05) is 79.7 Å². The number of aromatic nitrogens is 3. The molecule has 0 saturated heterocycles. The lowest BCUT2D eigenvalue weighted by Gasteiger charge is -2.07. The molecule has 5 nitrogen and oxygen atoms in total. The van der Waals surface area contributed by atoms with Crippen LogP contribution < -0.4 is 5.32 Å². The molecule has 0 atom stereocenters. The summed E-state index contributed by atoms with van der Waals surface area (Å²) in [6.45, 7) is 2.34. The molecule has 1 aromatic heterocycles. The lowest BCUT2D eigenvalue weighted by atomic mass is 10.2. The molecule has 0 spiro atoms. The van der Waals surface area contributed by atoms with Gasteiger partial charge in [0.15, 0.2) is 5.82 Å². The van der Waals surface area contributed by atoms with Crippen LogP contribution in [0.4, 0.5) is 0 Å². The Morgan fingerprint density at radius 2 is 1.80 bits per heavy atom. The smallest absolute Gasteiger partial charge is 0.291 e. The van der Waals surface area contributed by atoms with Crippen molar-refractivity contribution in [1.29, 1.82) is 0 Å². The number of nitrogens with zero attached hydrogens (tertiary/aromatic N) is 3. The van der Waals surface area contributed by atoms with E-state index in [-0.39, 0.29) is 11.7 Å². The van der Waals surface area contributed by atoms with Gasteiger partial charge in [0.1, 0.15) is 0 Å². The van der Waals surface area contributed by atoms with Crippen molar-refractivity contribution in [2.24, 2.45) is 0 Å². The maximum absolute atomic E-state index is 12.7. The Morgan fingerprint density at radius 1 is 1.07 bits per heavy atom. The van der Waals surface area contributed by atoms with Crippen LogP contribution >= 0.6 is 27.5 Å². The molecule has 1 N–H and O–H groups in total. The second-order valence-corrected chi connectivity index (χ2v) is 8.10. The number of halogens is 2. The zero-order chi connectivity index (χ0) is 21.1. The summed E-state index contributed by atoms with van der Waals surface area (Å²) < 4.78 is 2.60. The first-order valence-corrected chi connectivity index (χ1v) is 10.5. The molecule has 4 aromatic rings. The summed E-state index contributed by atoms with van der Waals surface area (Å²) in [6, 6.07) is 23.0. The minimum atomic E-state index is -0.339. The fraction of sp³-hybridized carbons (Fsp3) is 0.0870. The summed E-state index contributed by atoms with van der Waals surface area (Å²) >= 11 is 9.77. The standard InChI is InChI=1S/C23H18BrClN4O/c1-15-7-12-19(13-20(15)25)29-22(17-8-10-18(24)11-9-17)27-21(28-29)23(30)26-14-16-5-3-2-4-6-16/h2-13H,14H2,1H3,(H,26,30). The van der Waals surface area contributed by atoms with E-state index in [0.717, 1.165) is 26.9 Å². The summed E-state index contributed by atoms with van der Waals surface area (Å²) in [4.78, 5) is 17.3. The van der Waals surface area contributed by atoms with E-state index in [0.29, 0.717) is 17.4 Å². The summed E-state index contributed by atoms with van der Waals surface area (Å²) in [5.41, 5.74) is 3.54. The molecule has 3 aromatic carbocycles. The normalized spacial score (nSPS) is 10.8. The number of rotatable bonds is 5. The monoisotopic (exact) mass is 480 g/mol. The topological polar surface area (TPSA) is 59.8 Å². The molecule has 0 aliphatic carbocycles. The molecule has 0 saturated carbocycles. The molecule has 0 fully saturated rings. The third kappa shape index (κ3) is 4.45. The van der Waals surface area contributed by atoms with Gasteiger partial charge in [-0.2, -0.15) is 0 Å². The molecule has 4 rings (SSSR count). The van der Waals surface area contributed by atoms with E-state index in [1.165, 1.54) is 0 Å². The summed E-state index contributed by atoms with van der Waals surface area (Å²) in [7, 11) is 0. The van der Waals surface area contributed by atoms with E-state index in [2.05, 4.69) is 31.3 Å². The zero-order valence-corrected chi connectivity index (χ0v) is 18.5. The number of hydrogen-bond donors (Lipinski definition) is 1. The summed E-state index contributed by atoms with van der Waals surface area (Å²) in [5.74, 6) is 0.321. The Kier molecular flexibility index (Phi) is 5.97. The average molecular weight is 482 g/mol. The Morgan fingerprint density at radius 3 is 2.50 bits per heavy atom. The molecule has 150 valence electrons. The van der Waals surface area contributed by atoms with Crippen molar-refractivity contribution in [3.8, 4) is 17.1 Å². The van der Waals surface area contributed by atoms with Crippen molar-refractivity contribution in [3.05, 3.63) is 99.2 Å². The van der Waals surface area contributed by atoms with Crippen molar-refractivity contribution >= 4 is 33.4 Å². The molecule has 0 radical (unpaired) electrons. The molecule has 0 unspecified atom stereocenters. The number of hydrogen-bond acceptors (Lipinski definition) is 3. The molecule has 7 heteroatoms. The van der Waals surface area contributed by atoms with Crippen molar-refractivity contribution in [3.63, 3.8) is 0 Å². The van der Waals surface area contributed by atoms with E-state index < -0.39 is 0 Å². The van der Waals surface area contributed by atoms with Crippen molar-refractivity contribution in [2.45, 2.75) is 13.5 Å². The fourth-order valence-corrected chi connectivity index (χ4v) is 3.38. The third-order valence-electron chi connectivity index (χ3n) is 4.61. The first-order chi connectivity index (χ1) is 14.5. The fourth-order valence-electron chi connectivity index (χ4n) is 2.94. The van der Waals surface area contributed by atoms with Crippen molar-refractivity contribution in [2.75, 3.05) is 0 Å². The van der Waals surface area contributed by atoms with Crippen molar-refractivity contribution < 1.29 is 4.79 Å². The van der Waals surface area contributed by atoms with E-state index in [1.54, 1.807) is 4.68 Å². The van der Waals surface area contributed by atoms with Crippen LogP contribution in [-0.2, 0) is 6.54 Å². The van der Waals surface area contributed by atoms with Gasteiger partial charge in [0.05, 0.1) is 5.69 Å². The number of amides is 1. The van der Waals surface area contributed by atoms with Gasteiger partial charge in [0, 0.05) is 21.6 Å². The number of benzene rings is 3. The predicted octanol–water partition coefficient (Wildman–Crippen LogP) is 5.59. The lowest BCUT2D eigenvalue weighted by molar-refractivity contribution is 0.0940. The van der Waals surface area contributed by atoms with Gasteiger partial charge in [-0.15, -0.1) is 5.10 Å². The number of carbonyl (C=O) groups is 1. The highest BCUT2D eigenvalue weighted by Crippen LogP contribution is 2.25. The Labute approximate surface area is 187 Å². The maximum atomic E-state index is 12.7. The summed E-state index contributed by atoms with van der Waals surface area (Å²) in [6.07, 6.45) is 0. The summed E-state index contributed by atoms with van der Waals surface area (Å²) in [5, 5.41) is 7.99. The second kappa shape index (κ2) is 8.81. The predicted molar refractivity (Wildman–Crippen MR) is 122 cm³/mol. The van der Waals surface area contributed by atoms with E-state index >= 15 is 0 Å². The largest absolute Gasteiger partial charge is 0.345 e. The van der Waals surface area contributed by atoms with Crippen LogP contribution in [0.25, 0.3) is 17.1 Å². The van der Waals surface area contributed by atoms with E-state index in [9.17, 15) is 4.79 Å².